The van der Waals surface area contributed by atoms with E-state index >= 15 is 4.39 Å². The lowest BCUT2D eigenvalue weighted by atomic mass is 10.1. The Bertz CT molecular complexity index is 2860. The molecule has 1 unspecified atom stereocenters. The van der Waals surface area contributed by atoms with Crippen molar-refractivity contribution in [1.82, 2.24) is 14.0 Å². The lowest BCUT2D eigenvalue weighted by Crippen LogP contribution is -2.51. The maximum Gasteiger partial charge on any atom is 0.519 e. The maximum absolute atomic E-state index is 16.3. The molecule has 2 aliphatic rings. The quantitative estimate of drug-likeness (QED) is 0.0901. The van der Waals surface area contributed by atoms with Gasteiger partial charge in [-0.25, -0.2) is 14.0 Å². The molecule has 0 amide bonds. The molecule has 324 valence electrons. The smallest absolute Gasteiger partial charge is 0.497 e. The summed E-state index contributed by atoms with van der Waals surface area (Å²) in [5, 5.41) is 1.08. The molecule has 1 saturated carbocycles. The first-order chi connectivity index (χ1) is 29.8. The van der Waals surface area contributed by atoms with Crippen LogP contribution in [0.3, 0.4) is 0 Å². The van der Waals surface area contributed by atoms with Gasteiger partial charge in [-0.15, -0.1) is 0 Å². The fraction of sp³-hybridized carbons (Fsp3) is 0.356. The van der Waals surface area contributed by atoms with Crippen molar-refractivity contribution < 1.29 is 46.6 Å². The van der Waals surface area contributed by atoms with E-state index in [1.165, 1.54) is 25.0 Å². The Balaban J connectivity index is 0.969. The van der Waals surface area contributed by atoms with Gasteiger partial charge in [0.25, 0.3) is 5.91 Å². The summed E-state index contributed by atoms with van der Waals surface area (Å²) in [7, 11) is 2.94. The van der Waals surface area contributed by atoms with Crippen LogP contribution in [-0.4, -0.2) is 85.0 Å². The minimum atomic E-state index is -0.953. The van der Waals surface area contributed by atoms with Gasteiger partial charge >= 0.3 is 17.8 Å². The molecule has 15 nitrogen and oxygen atoms in total. The number of hydrogen-bond donors (Lipinski definition) is 0. The molecule has 6 aromatic rings. The highest BCUT2D eigenvalue weighted by Gasteiger charge is 2.34. The number of carbonyl (C=O) groups is 3. The Kier molecular flexibility index (Phi) is 11.7. The van der Waals surface area contributed by atoms with Gasteiger partial charge in [0, 0.05) is 59.6 Å². The second-order valence-corrected chi connectivity index (χ2v) is 15.9. The van der Waals surface area contributed by atoms with Gasteiger partial charge in [0.2, 0.25) is 5.43 Å². The highest BCUT2D eigenvalue weighted by Crippen LogP contribution is 2.44. The molecule has 1 aliphatic heterocycles. The van der Waals surface area contributed by atoms with Gasteiger partial charge in [-0.05, 0) is 87.7 Å². The molecular formula is C45H44ClFN4O11. The van der Waals surface area contributed by atoms with Gasteiger partial charge in [-0.3, -0.25) is 23.9 Å². The molecule has 0 bridgehead atoms. The summed E-state index contributed by atoms with van der Waals surface area (Å²) >= 11 is 6.05. The van der Waals surface area contributed by atoms with Crippen LogP contribution in [0.5, 0.6) is 11.5 Å². The number of anilines is 1. The van der Waals surface area contributed by atoms with Gasteiger partial charge in [0.15, 0.2) is 17.3 Å². The summed E-state index contributed by atoms with van der Waals surface area (Å²) in [6.07, 6.45) is 2.78. The van der Waals surface area contributed by atoms with Crippen molar-refractivity contribution in [3.8, 4) is 11.5 Å². The van der Waals surface area contributed by atoms with E-state index in [0.29, 0.717) is 81.7 Å². The number of aryl methyl sites for hydroxylation is 1. The molecular weight excluding hydrogens is 827 g/mol. The van der Waals surface area contributed by atoms with Crippen LogP contribution in [0.15, 0.2) is 73.2 Å². The van der Waals surface area contributed by atoms with Gasteiger partial charge in [0.1, 0.15) is 36.0 Å². The van der Waals surface area contributed by atoms with E-state index < -0.39 is 29.0 Å². The highest BCUT2D eigenvalue weighted by molar-refractivity contribution is 6.30. The zero-order chi connectivity index (χ0) is 44.0. The topological polar surface area (TPSA) is 165 Å². The van der Waals surface area contributed by atoms with Crippen LogP contribution < -0.4 is 25.6 Å². The van der Waals surface area contributed by atoms with Crippen molar-refractivity contribution in [2.45, 2.75) is 58.7 Å². The third-order valence-electron chi connectivity index (χ3n) is 11.6. The summed E-state index contributed by atoms with van der Waals surface area (Å²) < 4.78 is 52.0. The molecule has 4 heterocycles. The van der Waals surface area contributed by atoms with E-state index in [9.17, 15) is 24.0 Å². The Labute approximate surface area is 359 Å². The predicted octanol–water partition coefficient (Wildman–Crippen LogP) is 6.61. The number of carbonyl (C=O) groups excluding carboxylic acids is 3. The van der Waals surface area contributed by atoms with Crippen molar-refractivity contribution in [2.24, 2.45) is 0 Å². The molecule has 8 rings (SSSR count). The van der Waals surface area contributed by atoms with Crippen molar-refractivity contribution in [2.75, 3.05) is 52.0 Å². The molecule has 3 aromatic carbocycles. The Morgan fingerprint density at radius 1 is 0.919 bits per heavy atom. The van der Waals surface area contributed by atoms with Crippen LogP contribution >= 0.6 is 11.6 Å². The second kappa shape index (κ2) is 17.2. The van der Waals surface area contributed by atoms with Gasteiger partial charge < -0.3 is 37.2 Å². The summed E-state index contributed by atoms with van der Waals surface area (Å²) in [4.78, 5) is 69.9. The van der Waals surface area contributed by atoms with Crippen LogP contribution in [0.1, 0.15) is 69.3 Å². The summed E-state index contributed by atoms with van der Waals surface area (Å²) in [5.41, 5.74) is 1.62. The lowest BCUT2D eigenvalue weighted by molar-refractivity contribution is -0.143. The van der Waals surface area contributed by atoms with E-state index in [2.05, 4.69) is 4.90 Å². The first kappa shape index (κ1) is 42.3. The van der Waals surface area contributed by atoms with Gasteiger partial charge in [0.05, 0.1) is 43.6 Å². The highest BCUT2D eigenvalue weighted by atomic mass is 35.5. The van der Waals surface area contributed by atoms with Gasteiger partial charge in [-0.1, -0.05) is 11.6 Å². The number of piperazine rings is 1. The zero-order valence-corrected chi connectivity index (χ0v) is 35.5. The van der Waals surface area contributed by atoms with Crippen LogP contribution in [0.25, 0.3) is 21.8 Å². The fourth-order valence-electron chi connectivity index (χ4n) is 8.21. The van der Waals surface area contributed by atoms with Crippen LogP contribution in [0.4, 0.5) is 10.1 Å². The van der Waals surface area contributed by atoms with Crippen molar-refractivity contribution in [3.05, 3.63) is 120 Å². The largest absolute Gasteiger partial charge is 0.519 e. The van der Waals surface area contributed by atoms with Gasteiger partial charge in [-0.2, -0.15) is 0 Å². The molecule has 2 fully saturated rings. The Morgan fingerprint density at radius 2 is 1.66 bits per heavy atom. The molecule has 62 heavy (non-hydrogen) atoms. The first-order valence-corrected chi connectivity index (χ1v) is 20.5. The van der Waals surface area contributed by atoms with Crippen molar-refractivity contribution >= 4 is 56.9 Å². The summed E-state index contributed by atoms with van der Waals surface area (Å²) in [6, 6.07) is 12.7. The number of hydrogen-bond acceptors (Lipinski definition) is 13. The zero-order valence-electron chi connectivity index (χ0n) is 34.8. The monoisotopic (exact) mass is 870 g/mol. The Morgan fingerprint density at radius 3 is 2.32 bits per heavy atom. The minimum Gasteiger partial charge on any atom is -0.497 e. The number of fused-ring (bicyclic) bond motifs is 2. The maximum atomic E-state index is 16.3. The minimum absolute atomic E-state index is 0.0336. The number of methoxy groups -OCH3 is 2. The van der Waals surface area contributed by atoms with E-state index in [1.54, 1.807) is 60.9 Å². The van der Waals surface area contributed by atoms with Crippen molar-refractivity contribution in [3.63, 3.8) is 0 Å². The van der Waals surface area contributed by atoms with E-state index in [4.69, 9.17) is 39.4 Å². The fourth-order valence-corrected chi connectivity index (χ4v) is 8.34. The molecule has 0 radical (unpaired) electrons. The molecule has 0 N–H and O–H groups in total. The average molecular weight is 871 g/mol. The number of ether oxygens (including phenoxy) is 4. The molecule has 0 spiro atoms. The van der Waals surface area contributed by atoms with E-state index in [-0.39, 0.29) is 60.0 Å². The number of nitrogens with zero attached hydrogens (tertiary/aromatic N) is 4. The number of pyridine rings is 1. The normalized spacial score (nSPS) is 15.6. The molecule has 1 saturated heterocycles. The van der Waals surface area contributed by atoms with Crippen molar-refractivity contribution in [1.29, 1.82) is 0 Å². The third kappa shape index (κ3) is 8.07. The summed E-state index contributed by atoms with van der Waals surface area (Å²) in [6.45, 7) is 6.39. The SMILES string of the molecule is COc1ccc2c(c1)c(CC(=O)OCCOC(=O)c1cn(C3CC3)c3c(OC)c(N4CCN(Cc5oc(=O)oc5C)C(C)C4)c(F)cc3c1=O)c(C)n2C(=O)c1ccc(Cl)cc1. The van der Waals surface area contributed by atoms with Crippen LogP contribution in [-0.2, 0) is 27.2 Å². The summed E-state index contributed by atoms with van der Waals surface area (Å²) in [5.74, 6) is -1.78. The number of aromatic nitrogens is 2. The molecule has 17 heteroatoms. The molecule has 1 atom stereocenters. The lowest BCUT2D eigenvalue weighted by Gasteiger charge is -2.41. The standard InChI is InChI=1S/C45H44ClFN4O11/c1-24-21-49(15-14-48(24)23-37-26(3)61-45(56)62-37)40-35(47)19-33-39(42(40)58-5)50(29-10-11-29)22-34(41(33)53)44(55)60-17-16-59-38(52)20-31-25(2)51(36-13-12-30(57-4)18-32(31)36)43(54)27-6-8-28(46)9-7-27/h6-9,12-13,18-19,22,24,29H,10-11,14-17,20-21,23H2,1-5H3. The van der Waals surface area contributed by atoms with Crippen LogP contribution in [0, 0.1) is 19.7 Å². The predicted molar refractivity (Wildman–Crippen MR) is 226 cm³/mol. The number of rotatable bonds is 13. The number of esters is 2. The second-order valence-electron chi connectivity index (χ2n) is 15.5. The average Bonchev–Trinajstić information content (AvgIpc) is 4.00. The number of benzene rings is 3. The number of halogens is 2. The van der Waals surface area contributed by atoms with E-state index in [0.717, 1.165) is 18.9 Å². The molecule has 1 aliphatic carbocycles. The van der Waals surface area contributed by atoms with E-state index in [1.807, 2.05) is 11.8 Å². The molecule has 3 aromatic heterocycles. The first-order valence-electron chi connectivity index (χ1n) is 20.1. The Hall–Kier alpha value is -6.39. The third-order valence-corrected chi connectivity index (χ3v) is 11.8. The van der Waals surface area contributed by atoms with Crippen LogP contribution in [0.2, 0.25) is 5.02 Å².